The first kappa shape index (κ1) is 22.7. The second kappa shape index (κ2) is 10.0. The molecule has 1 heterocycles. The van der Waals surface area contributed by atoms with Crippen LogP contribution in [0.1, 0.15) is 44.3 Å². The number of ketones is 1. The number of rotatable bonds is 8. The SMILES string of the molecule is CC(=O)c1ccc(OCc2ccc(Cc3cccc(C(=O)O)c3)cc2)c(-c2ccncc2)c1O. The van der Waals surface area contributed by atoms with Crippen molar-refractivity contribution in [3.8, 4) is 22.6 Å². The second-order valence-electron chi connectivity index (χ2n) is 7.91. The normalized spacial score (nSPS) is 10.6. The molecule has 34 heavy (non-hydrogen) atoms. The Labute approximate surface area is 197 Å². The number of carboxylic acid groups (broad SMARTS) is 1. The van der Waals surface area contributed by atoms with Crippen molar-refractivity contribution in [2.24, 2.45) is 0 Å². The van der Waals surface area contributed by atoms with Crippen LogP contribution in [0.15, 0.2) is 85.2 Å². The summed E-state index contributed by atoms with van der Waals surface area (Å²) in [6, 6.07) is 21.5. The van der Waals surface area contributed by atoms with E-state index in [1.807, 2.05) is 30.3 Å². The highest BCUT2D eigenvalue weighted by molar-refractivity contribution is 6.00. The van der Waals surface area contributed by atoms with Gasteiger partial charge < -0.3 is 14.9 Å². The standard InChI is InChI=1S/C28H23NO5/c1-18(30)24-9-10-25(26(27(24)31)22-11-13-29-14-12-22)34-17-20-7-5-19(6-8-20)15-21-3-2-4-23(16-21)28(32)33/h2-14,16,31H,15,17H2,1H3,(H,32,33). The van der Waals surface area contributed by atoms with Gasteiger partial charge in [-0.15, -0.1) is 0 Å². The summed E-state index contributed by atoms with van der Waals surface area (Å²) in [5.74, 6) is -0.829. The molecule has 6 nitrogen and oxygen atoms in total. The van der Waals surface area contributed by atoms with Crippen molar-refractivity contribution in [2.45, 2.75) is 20.0 Å². The van der Waals surface area contributed by atoms with Gasteiger partial charge in [-0.05, 0) is 72.0 Å². The molecule has 0 saturated heterocycles. The molecule has 0 fully saturated rings. The molecule has 0 aliphatic heterocycles. The molecule has 1 aromatic heterocycles. The summed E-state index contributed by atoms with van der Waals surface area (Å²) in [6.07, 6.45) is 3.85. The lowest BCUT2D eigenvalue weighted by Crippen LogP contribution is -2.01. The first-order valence-corrected chi connectivity index (χ1v) is 10.7. The minimum absolute atomic E-state index is 0.116. The lowest BCUT2D eigenvalue weighted by molar-refractivity contribution is 0.0696. The summed E-state index contributed by atoms with van der Waals surface area (Å²) < 4.78 is 6.04. The number of benzene rings is 3. The average Bonchev–Trinajstić information content (AvgIpc) is 2.84. The summed E-state index contributed by atoms with van der Waals surface area (Å²) in [5.41, 5.74) is 4.55. The van der Waals surface area contributed by atoms with Crippen molar-refractivity contribution in [3.63, 3.8) is 0 Å². The predicted octanol–water partition coefficient (Wildman–Crippen LogP) is 5.52. The third kappa shape index (κ3) is 5.13. The first-order chi connectivity index (χ1) is 16.4. The molecule has 0 amide bonds. The summed E-state index contributed by atoms with van der Waals surface area (Å²) in [4.78, 5) is 27.1. The molecule has 3 aromatic carbocycles. The number of carbonyl (C=O) groups is 2. The average molecular weight is 453 g/mol. The second-order valence-corrected chi connectivity index (χ2v) is 7.91. The van der Waals surface area contributed by atoms with Gasteiger partial charge in [-0.25, -0.2) is 4.79 Å². The largest absolute Gasteiger partial charge is 0.506 e. The Balaban J connectivity index is 1.52. The number of nitrogens with zero attached hydrogens (tertiary/aromatic N) is 1. The van der Waals surface area contributed by atoms with Crippen LogP contribution >= 0.6 is 0 Å². The number of carbonyl (C=O) groups excluding carboxylic acids is 1. The van der Waals surface area contributed by atoms with Gasteiger partial charge in [0.1, 0.15) is 18.1 Å². The number of aromatic carboxylic acids is 1. The van der Waals surface area contributed by atoms with Crippen LogP contribution in [0.25, 0.3) is 11.1 Å². The highest BCUT2D eigenvalue weighted by atomic mass is 16.5. The van der Waals surface area contributed by atoms with Crippen LogP contribution < -0.4 is 4.74 Å². The minimum Gasteiger partial charge on any atom is -0.506 e. The van der Waals surface area contributed by atoms with Gasteiger partial charge in [0.15, 0.2) is 5.78 Å². The Morgan fingerprint density at radius 3 is 2.26 bits per heavy atom. The molecule has 4 rings (SSSR count). The molecule has 0 atom stereocenters. The number of phenolic OH excluding ortho intramolecular Hbond substituents is 1. The zero-order valence-corrected chi connectivity index (χ0v) is 18.6. The number of Topliss-reactive ketones (excluding diaryl/α,β-unsaturated/α-hetero) is 1. The number of pyridine rings is 1. The summed E-state index contributed by atoms with van der Waals surface area (Å²) in [5, 5.41) is 19.9. The number of aromatic nitrogens is 1. The zero-order chi connectivity index (χ0) is 24.1. The molecule has 170 valence electrons. The molecule has 0 unspecified atom stereocenters. The number of ether oxygens (including phenoxy) is 1. The van der Waals surface area contributed by atoms with E-state index in [9.17, 15) is 14.7 Å². The first-order valence-electron chi connectivity index (χ1n) is 10.7. The number of hydrogen-bond acceptors (Lipinski definition) is 5. The fraction of sp³-hybridized carbons (Fsp3) is 0.107. The Bertz CT molecular complexity index is 1330. The highest BCUT2D eigenvalue weighted by Crippen LogP contribution is 2.40. The summed E-state index contributed by atoms with van der Waals surface area (Å²) in [6.45, 7) is 1.68. The Kier molecular flexibility index (Phi) is 6.69. The van der Waals surface area contributed by atoms with Crippen molar-refractivity contribution in [1.82, 2.24) is 4.98 Å². The van der Waals surface area contributed by atoms with Crippen molar-refractivity contribution in [2.75, 3.05) is 0 Å². The van der Waals surface area contributed by atoms with Gasteiger partial charge in [-0.2, -0.15) is 0 Å². The van der Waals surface area contributed by atoms with Gasteiger partial charge in [0.05, 0.1) is 16.7 Å². The van der Waals surface area contributed by atoms with Gasteiger partial charge in [0.2, 0.25) is 0 Å². The van der Waals surface area contributed by atoms with Crippen LogP contribution in [0.3, 0.4) is 0 Å². The van der Waals surface area contributed by atoms with Gasteiger partial charge in [-0.1, -0.05) is 36.4 Å². The molecule has 0 aliphatic rings. The van der Waals surface area contributed by atoms with Crippen molar-refractivity contribution < 1.29 is 24.5 Å². The van der Waals surface area contributed by atoms with Crippen LogP contribution in [0.2, 0.25) is 0 Å². The molecule has 0 radical (unpaired) electrons. The maximum Gasteiger partial charge on any atom is 0.335 e. The third-order valence-corrected chi connectivity index (χ3v) is 5.49. The molecule has 0 bridgehead atoms. The Morgan fingerprint density at radius 2 is 1.59 bits per heavy atom. The number of hydrogen-bond donors (Lipinski definition) is 2. The lowest BCUT2D eigenvalue weighted by atomic mass is 9.99. The molecule has 2 N–H and O–H groups in total. The molecular formula is C28H23NO5. The summed E-state index contributed by atoms with van der Waals surface area (Å²) in [7, 11) is 0. The topological polar surface area (TPSA) is 96.7 Å². The van der Waals surface area contributed by atoms with Gasteiger partial charge >= 0.3 is 5.97 Å². The van der Waals surface area contributed by atoms with E-state index < -0.39 is 5.97 Å². The molecule has 0 spiro atoms. The summed E-state index contributed by atoms with van der Waals surface area (Å²) >= 11 is 0. The van der Waals surface area contributed by atoms with Crippen LogP contribution in [0.4, 0.5) is 0 Å². The maximum atomic E-state index is 11.9. The molecule has 0 saturated carbocycles. The van der Waals surface area contributed by atoms with Gasteiger partial charge in [0, 0.05) is 12.4 Å². The van der Waals surface area contributed by atoms with Crippen LogP contribution in [0, 0.1) is 0 Å². The molecular weight excluding hydrogens is 430 g/mol. The zero-order valence-electron chi connectivity index (χ0n) is 18.6. The predicted molar refractivity (Wildman–Crippen MR) is 128 cm³/mol. The van der Waals surface area contributed by atoms with E-state index in [2.05, 4.69) is 4.98 Å². The monoisotopic (exact) mass is 453 g/mol. The molecule has 0 aliphatic carbocycles. The molecule has 4 aromatic rings. The van der Waals surface area contributed by atoms with Crippen molar-refractivity contribution in [1.29, 1.82) is 0 Å². The Hall–Kier alpha value is -4.45. The molecule has 6 heteroatoms. The fourth-order valence-corrected chi connectivity index (χ4v) is 3.74. The quantitative estimate of drug-likeness (QED) is 0.341. The highest BCUT2D eigenvalue weighted by Gasteiger charge is 2.18. The van der Waals surface area contributed by atoms with E-state index in [4.69, 9.17) is 9.84 Å². The van der Waals surface area contributed by atoms with Crippen LogP contribution in [-0.2, 0) is 13.0 Å². The maximum absolute atomic E-state index is 11.9. The minimum atomic E-state index is -0.942. The van der Waals surface area contributed by atoms with E-state index in [0.29, 0.717) is 23.3 Å². The number of aromatic hydroxyl groups is 1. The van der Waals surface area contributed by atoms with Gasteiger partial charge in [-0.3, -0.25) is 9.78 Å². The van der Waals surface area contributed by atoms with E-state index >= 15 is 0 Å². The lowest BCUT2D eigenvalue weighted by Gasteiger charge is -2.15. The number of carboxylic acids is 1. The van der Waals surface area contributed by atoms with E-state index in [0.717, 1.165) is 16.7 Å². The van der Waals surface area contributed by atoms with Crippen molar-refractivity contribution >= 4 is 11.8 Å². The van der Waals surface area contributed by atoms with Crippen LogP contribution in [-0.4, -0.2) is 26.9 Å². The smallest absolute Gasteiger partial charge is 0.335 e. The third-order valence-electron chi connectivity index (χ3n) is 5.49. The van der Waals surface area contributed by atoms with Crippen LogP contribution in [0.5, 0.6) is 11.5 Å². The number of phenols is 1. The Morgan fingerprint density at radius 1 is 0.882 bits per heavy atom. The van der Waals surface area contributed by atoms with Gasteiger partial charge in [0.25, 0.3) is 0 Å². The van der Waals surface area contributed by atoms with E-state index in [1.54, 1.807) is 54.9 Å². The van der Waals surface area contributed by atoms with E-state index in [-0.39, 0.29) is 29.3 Å². The van der Waals surface area contributed by atoms with Crippen molar-refractivity contribution in [3.05, 3.63) is 113 Å². The fourth-order valence-electron chi connectivity index (χ4n) is 3.74. The van der Waals surface area contributed by atoms with E-state index in [1.165, 1.54) is 6.92 Å².